The topological polar surface area (TPSA) is 122 Å². The van der Waals surface area contributed by atoms with Crippen LogP contribution in [0.4, 0.5) is 11.5 Å². The number of β-amino-alcohol motifs (C(OH)–C–C–N with tert-alkyl or cyclic N) is 1. The van der Waals surface area contributed by atoms with E-state index in [4.69, 9.17) is 34.3 Å². The van der Waals surface area contributed by atoms with Gasteiger partial charge in [-0.1, -0.05) is 36.4 Å². The average molecular weight is 810 g/mol. The molecule has 0 radical (unpaired) electrons. The van der Waals surface area contributed by atoms with Crippen molar-refractivity contribution < 1.29 is 24.1 Å². The molecule has 3 fully saturated rings. The summed E-state index contributed by atoms with van der Waals surface area (Å²) in [6.45, 7) is 8.83. The van der Waals surface area contributed by atoms with Crippen molar-refractivity contribution in [2.24, 2.45) is 0 Å². The SMILES string of the molecule is Cc1ccc(NPI)c(C=N)c1-c1c(C2CC2)cc2c(N3CCOCC(C)(O)C3)nc(OC3CCOCC3)nc2c1OC(C)c1ccccc1. The van der Waals surface area contributed by atoms with E-state index in [0.717, 1.165) is 70.1 Å². The van der Waals surface area contributed by atoms with Gasteiger partial charge in [-0.3, -0.25) is 0 Å². The number of hydrogen-bond donors (Lipinski definition) is 3. The summed E-state index contributed by atoms with van der Waals surface area (Å²) in [5.41, 5.74) is 6.50. The summed E-state index contributed by atoms with van der Waals surface area (Å²) in [5, 5.41) is 24.3. The van der Waals surface area contributed by atoms with Crippen LogP contribution in [0.2, 0.25) is 0 Å². The molecular weight excluding hydrogens is 764 g/mol. The Morgan fingerprint density at radius 2 is 1.86 bits per heavy atom. The van der Waals surface area contributed by atoms with Gasteiger partial charge in [0.25, 0.3) is 0 Å². The minimum Gasteiger partial charge on any atom is -0.483 e. The highest BCUT2D eigenvalue weighted by molar-refractivity contribution is 14.2. The zero-order valence-electron chi connectivity index (χ0n) is 28.8. The van der Waals surface area contributed by atoms with E-state index >= 15 is 0 Å². The summed E-state index contributed by atoms with van der Waals surface area (Å²) in [5.74, 6) is 1.67. The van der Waals surface area contributed by atoms with Gasteiger partial charge in [-0.15, -0.1) is 0 Å². The van der Waals surface area contributed by atoms with Crippen LogP contribution in [0, 0.1) is 12.3 Å². The molecule has 1 aromatic heterocycles. The van der Waals surface area contributed by atoms with Crippen molar-refractivity contribution in [3.63, 3.8) is 0 Å². The predicted molar refractivity (Wildman–Crippen MR) is 209 cm³/mol. The van der Waals surface area contributed by atoms with Crippen LogP contribution < -0.4 is 19.5 Å². The minimum atomic E-state index is -1.07. The van der Waals surface area contributed by atoms with Gasteiger partial charge in [0.1, 0.15) is 29.1 Å². The Balaban J connectivity index is 1.54. The number of benzene rings is 3. The van der Waals surface area contributed by atoms with Crippen molar-refractivity contribution in [3.05, 3.63) is 70.8 Å². The monoisotopic (exact) mass is 809 g/mol. The Hall–Kier alpha value is -3.09. The molecule has 3 unspecified atom stereocenters. The third kappa shape index (κ3) is 7.58. The number of fused-ring (bicyclic) bond motifs is 1. The van der Waals surface area contributed by atoms with Crippen molar-refractivity contribution in [1.82, 2.24) is 9.97 Å². The molecule has 3 heterocycles. The highest BCUT2D eigenvalue weighted by Crippen LogP contribution is 2.53. The lowest BCUT2D eigenvalue weighted by Crippen LogP contribution is -2.42. The fourth-order valence-corrected chi connectivity index (χ4v) is 8.26. The Kier molecular flexibility index (Phi) is 10.8. The van der Waals surface area contributed by atoms with Gasteiger partial charge in [0.15, 0.2) is 5.75 Å². The predicted octanol–water partition coefficient (Wildman–Crippen LogP) is 8.12. The van der Waals surface area contributed by atoms with Gasteiger partial charge in [-0.2, -0.15) is 9.97 Å². The number of nitrogens with one attached hydrogen (secondary N) is 2. The molecule has 3 aromatic carbocycles. The molecule has 4 aromatic rings. The molecule has 3 aliphatic rings. The second-order valence-corrected chi connectivity index (χ2v) is 15.9. The second kappa shape index (κ2) is 15.3. The van der Waals surface area contributed by atoms with Crippen LogP contribution in [-0.2, 0) is 9.47 Å². The fraction of sp³-hybridized carbons (Fsp3) is 0.447. The van der Waals surface area contributed by atoms with Crippen LogP contribution in [0.3, 0.4) is 0 Å². The van der Waals surface area contributed by atoms with Crippen molar-refractivity contribution in [1.29, 1.82) is 5.41 Å². The smallest absolute Gasteiger partial charge is 0.319 e. The molecule has 10 nitrogen and oxygen atoms in total. The number of nitrogens with zero attached hydrogens (tertiary/aromatic N) is 3. The number of aromatic nitrogens is 2. The number of anilines is 2. The average Bonchev–Trinajstić information content (AvgIpc) is 3.98. The maximum Gasteiger partial charge on any atom is 0.319 e. The minimum absolute atomic E-state index is 0.0777. The van der Waals surface area contributed by atoms with E-state index in [1.165, 1.54) is 6.21 Å². The van der Waals surface area contributed by atoms with Crippen molar-refractivity contribution in [2.75, 3.05) is 49.5 Å². The van der Waals surface area contributed by atoms with Crippen molar-refractivity contribution >= 4 is 57.0 Å². The molecule has 264 valence electrons. The third-order valence-electron chi connectivity index (χ3n) is 9.74. The summed E-state index contributed by atoms with van der Waals surface area (Å²) < 4.78 is 25.2. The summed E-state index contributed by atoms with van der Waals surface area (Å²) in [6, 6.07) is 16.9. The van der Waals surface area contributed by atoms with Gasteiger partial charge in [0.05, 0.1) is 33.0 Å². The Labute approximate surface area is 308 Å². The van der Waals surface area contributed by atoms with E-state index in [1.807, 2.05) is 18.2 Å². The zero-order chi connectivity index (χ0) is 34.8. The van der Waals surface area contributed by atoms with Gasteiger partial charge in [-0.25, -0.2) is 0 Å². The molecule has 1 aliphatic carbocycles. The number of rotatable bonds is 11. The number of aliphatic hydroxyl groups is 1. The normalized spacial score (nSPS) is 20.9. The first-order valence-corrected chi connectivity index (χ1v) is 21.5. The molecule has 1 saturated carbocycles. The molecule has 3 N–H and O–H groups in total. The molecule has 12 heteroatoms. The maximum absolute atomic E-state index is 11.3. The molecule has 2 aliphatic heterocycles. The number of ether oxygens (including phenoxy) is 4. The Bertz CT molecular complexity index is 1850. The standard InChI is InChI=1S/C38H45IN5O5P/c1-23-9-12-31(43-50-39)30(20-40)32(23)33-28(26-10-11-26)19-29-34(35(33)48-24(2)25-7-5-4-6-8-25)41-37(49-27-13-16-46-17-14-27)42-36(29)44-15-18-47-22-38(3,45)21-44/h4-9,12,19-20,24,26-27,40,43,45,50H,10-11,13-18,21-22H2,1-3H3. The number of aryl methyl sites for hydroxylation is 1. The van der Waals surface area contributed by atoms with E-state index < -0.39 is 5.60 Å². The first-order chi connectivity index (χ1) is 24.3. The van der Waals surface area contributed by atoms with Crippen LogP contribution in [0.5, 0.6) is 11.8 Å². The maximum atomic E-state index is 11.3. The first kappa shape index (κ1) is 35.3. The van der Waals surface area contributed by atoms with E-state index in [1.54, 1.807) is 6.92 Å². The molecule has 0 bridgehead atoms. The van der Waals surface area contributed by atoms with E-state index in [2.05, 4.69) is 76.2 Å². The third-order valence-corrected chi connectivity index (χ3v) is 10.9. The van der Waals surface area contributed by atoms with Gasteiger partial charge in [0.2, 0.25) is 0 Å². The van der Waals surface area contributed by atoms with Crippen LogP contribution >= 0.6 is 28.4 Å². The van der Waals surface area contributed by atoms with Crippen LogP contribution in [0.25, 0.3) is 22.0 Å². The fourth-order valence-electron chi connectivity index (χ4n) is 7.07. The molecular formula is C38H45IN5O5P. The largest absolute Gasteiger partial charge is 0.483 e. The quantitative estimate of drug-likeness (QED) is 0.0784. The molecule has 7 rings (SSSR count). The van der Waals surface area contributed by atoms with E-state index in [0.29, 0.717) is 62.3 Å². The van der Waals surface area contributed by atoms with Gasteiger partial charge >= 0.3 is 6.01 Å². The Morgan fingerprint density at radius 1 is 1.08 bits per heavy atom. The van der Waals surface area contributed by atoms with Crippen molar-refractivity contribution in [2.45, 2.75) is 70.2 Å². The molecule has 0 spiro atoms. The summed E-state index contributed by atoms with van der Waals surface area (Å²) >= 11 is 2.33. The van der Waals surface area contributed by atoms with Crippen LogP contribution in [-0.4, -0.2) is 72.5 Å². The van der Waals surface area contributed by atoms with Crippen molar-refractivity contribution in [3.8, 4) is 22.9 Å². The molecule has 50 heavy (non-hydrogen) atoms. The van der Waals surface area contributed by atoms with E-state index in [-0.39, 0.29) is 24.8 Å². The number of hydrogen-bond acceptors (Lipinski definition) is 10. The van der Waals surface area contributed by atoms with Crippen LogP contribution in [0.1, 0.15) is 73.8 Å². The highest BCUT2D eigenvalue weighted by Gasteiger charge is 2.36. The van der Waals surface area contributed by atoms with Gasteiger partial charge in [-0.05, 0) is 96.0 Å². The summed E-state index contributed by atoms with van der Waals surface area (Å²) in [7, 11) is 0. The molecule has 2 saturated heterocycles. The lowest BCUT2D eigenvalue weighted by Gasteiger charge is -2.31. The second-order valence-electron chi connectivity index (χ2n) is 13.8. The number of halogens is 1. The summed E-state index contributed by atoms with van der Waals surface area (Å²) in [6.07, 6.45) is 5.15. The molecule has 3 atom stereocenters. The van der Waals surface area contributed by atoms with Crippen LogP contribution in [0.15, 0.2) is 48.5 Å². The zero-order valence-corrected chi connectivity index (χ0v) is 32.0. The molecule has 0 amide bonds. The highest BCUT2D eigenvalue weighted by atomic mass is 127. The van der Waals surface area contributed by atoms with Gasteiger partial charge in [0, 0.05) is 54.2 Å². The summed E-state index contributed by atoms with van der Waals surface area (Å²) in [4.78, 5) is 12.4. The van der Waals surface area contributed by atoms with E-state index in [9.17, 15) is 5.11 Å². The van der Waals surface area contributed by atoms with Gasteiger partial charge < -0.3 is 39.5 Å². The Morgan fingerprint density at radius 3 is 2.58 bits per heavy atom. The lowest BCUT2D eigenvalue weighted by atomic mass is 9.87. The lowest BCUT2D eigenvalue weighted by molar-refractivity contribution is -0.0123. The first-order valence-electron chi connectivity index (χ1n) is 17.4.